The van der Waals surface area contributed by atoms with Crippen LogP contribution in [0.5, 0.6) is 0 Å². The van der Waals surface area contributed by atoms with E-state index in [2.05, 4.69) is 0 Å². The molecule has 0 spiro atoms. The molecule has 0 unspecified atom stereocenters. The quantitative estimate of drug-likeness (QED) is 0.864. The van der Waals surface area contributed by atoms with Gasteiger partial charge in [0.15, 0.2) is 0 Å². The normalized spacial score (nSPS) is 18.9. The van der Waals surface area contributed by atoms with Crippen molar-refractivity contribution in [3.05, 3.63) is 28.8 Å². The molecule has 1 aromatic rings. The smallest absolute Gasteiger partial charge is 0.0762 e. The maximum atomic E-state index is 9.46. The number of hydrogen-bond donors (Lipinski definition) is 1. The number of benzene rings is 1. The summed E-state index contributed by atoms with van der Waals surface area (Å²) in [5.74, 6) is 0. The lowest BCUT2D eigenvalue weighted by atomic mass is 10.1. The number of rotatable bonds is 3. The Bertz CT molecular complexity index is 359. The largest absolute Gasteiger partial charge is 0.389 e. The first-order valence-electron chi connectivity index (χ1n) is 5.81. The van der Waals surface area contributed by atoms with Crippen molar-refractivity contribution in [1.82, 2.24) is 0 Å². The van der Waals surface area contributed by atoms with Crippen LogP contribution in [0.2, 0.25) is 5.02 Å². The van der Waals surface area contributed by atoms with Gasteiger partial charge in [-0.2, -0.15) is 0 Å². The number of aliphatic hydroxyl groups is 1. The highest BCUT2D eigenvalue weighted by Gasteiger charge is 2.17. The molecule has 0 bridgehead atoms. The maximum absolute atomic E-state index is 9.46. The second kappa shape index (κ2) is 5.44. The van der Waals surface area contributed by atoms with Crippen molar-refractivity contribution < 1.29 is 5.11 Å². The maximum Gasteiger partial charge on any atom is 0.0762 e. The van der Waals surface area contributed by atoms with Gasteiger partial charge in [0.2, 0.25) is 0 Å². The Kier molecular flexibility index (Phi) is 4.17. The van der Waals surface area contributed by atoms with Gasteiger partial charge in [-0.15, -0.1) is 11.8 Å². The van der Waals surface area contributed by atoms with Crippen LogP contribution in [0.4, 0.5) is 0 Å². The summed E-state index contributed by atoms with van der Waals surface area (Å²) in [7, 11) is 0. The van der Waals surface area contributed by atoms with Crippen LogP contribution < -0.4 is 0 Å². The van der Waals surface area contributed by atoms with E-state index in [4.69, 9.17) is 11.6 Å². The van der Waals surface area contributed by atoms with E-state index >= 15 is 0 Å². The van der Waals surface area contributed by atoms with E-state index in [1.165, 1.54) is 25.7 Å². The first kappa shape index (κ1) is 12.3. The summed E-state index contributed by atoms with van der Waals surface area (Å²) in [5.41, 5.74) is 0.890. The Morgan fingerprint density at radius 1 is 1.38 bits per heavy atom. The van der Waals surface area contributed by atoms with Crippen LogP contribution in [-0.2, 0) is 0 Å². The first-order valence-corrected chi connectivity index (χ1v) is 7.07. The van der Waals surface area contributed by atoms with E-state index in [0.29, 0.717) is 0 Å². The third kappa shape index (κ3) is 2.93. The summed E-state index contributed by atoms with van der Waals surface area (Å²) in [5, 5.41) is 11.0. The molecule has 88 valence electrons. The molecule has 0 heterocycles. The van der Waals surface area contributed by atoms with Crippen molar-refractivity contribution >= 4 is 23.4 Å². The molecule has 1 atom stereocenters. The molecule has 1 nitrogen and oxygen atoms in total. The predicted octanol–water partition coefficient (Wildman–Crippen LogP) is 4.43. The van der Waals surface area contributed by atoms with E-state index in [0.717, 1.165) is 20.7 Å². The van der Waals surface area contributed by atoms with Gasteiger partial charge >= 0.3 is 0 Å². The highest BCUT2D eigenvalue weighted by Crippen LogP contribution is 2.38. The molecule has 0 aliphatic heterocycles. The molecule has 1 aliphatic carbocycles. The van der Waals surface area contributed by atoms with Gasteiger partial charge in [0.05, 0.1) is 11.1 Å². The summed E-state index contributed by atoms with van der Waals surface area (Å²) < 4.78 is 0. The molecule has 1 aromatic carbocycles. The number of thioether (sulfide) groups is 1. The van der Waals surface area contributed by atoms with Crippen LogP contribution >= 0.6 is 23.4 Å². The number of halogens is 1. The Balaban J connectivity index is 2.09. The van der Waals surface area contributed by atoms with E-state index in [1.807, 2.05) is 30.0 Å². The average molecular weight is 257 g/mol. The fourth-order valence-corrected chi connectivity index (χ4v) is 3.63. The summed E-state index contributed by atoms with van der Waals surface area (Å²) in [6.07, 6.45) is 4.86. The molecular formula is C13H17ClOS. The van der Waals surface area contributed by atoms with Crippen molar-refractivity contribution in [2.24, 2.45) is 0 Å². The Hall–Kier alpha value is -0.180. The van der Waals surface area contributed by atoms with Gasteiger partial charge in [-0.1, -0.05) is 30.5 Å². The molecule has 0 aromatic heterocycles. The Labute approximate surface area is 106 Å². The van der Waals surface area contributed by atoms with E-state index in [-0.39, 0.29) is 0 Å². The minimum Gasteiger partial charge on any atom is -0.389 e. The van der Waals surface area contributed by atoms with Crippen LogP contribution in [-0.4, -0.2) is 10.4 Å². The van der Waals surface area contributed by atoms with E-state index < -0.39 is 6.10 Å². The van der Waals surface area contributed by atoms with Crippen LogP contribution in [0.3, 0.4) is 0 Å². The molecule has 0 saturated heterocycles. The zero-order chi connectivity index (χ0) is 11.5. The number of hydrogen-bond acceptors (Lipinski definition) is 2. The van der Waals surface area contributed by atoms with Gasteiger partial charge in [-0.3, -0.25) is 0 Å². The zero-order valence-electron chi connectivity index (χ0n) is 9.45. The molecule has 0 radical (unpaired) electrons. The lowest BCUT2D eigenvalue weighted by Crippen LogP contribution is -1.95. The van der Waals surface area contributed by atoms with Gasteiger partial charge in [0.1, 0.15) is 0 Å². The van der Waals surface area contributed by atoms with Crippen LogP contribution in [0, 0.1) is 0 Å². The molecular weight excluding hydrogens is 240 g/mol. The third-order valence-corrected chi connectivity index (χ3v) is 4.87. The van der Waals surface area contributed by atoms with Gasteiger partial charge in [0.25, 0.3) is 0 Å². The lowest BCUT2D eigenvalue weighted by molar-refractivity contribution is 0.199. The fourth-order valence-electron chi connectivity index (χ4n) is 2.06. The second-order valence-corrected chi connectivity index (χ2v) is 6.14. The van der Waals surface area contributed by atoms with Crippen molar-refractivity contribution in [3.63, 3.8) is 0 Å². The monoisotopic (exact) mass is 256 g/mol. The molecule has 0 amide bonds. The predicted molar refractivity (Wildman–Crippen MR) is 70.2 cm³/mol. The van der Waals surface area contributed by atoms with Gasteiger partial charge in [-0.25, -0.2) is 0 Å². The third-order valence-electron chi connectivity index (χ3n) is 3.03. The summed E-state index contributed by atoms with van der Waals surface area (Å²) in [6, 6.07) is 5.88. The van der Waals surface area contributed by atoms with Crippen molar-refractivity contribution in [3.8, 4) is 0 Å². The van der Waals surface area contributed by atoms with Gasteiger partial charge in [0, 0.05) is 10.1 Å². The van der Waals surface area contributed by atoms with Crippen molar-refractivity contribution in [1.29, 1.82) is 0 Å². The van der Waals surface area contributed by atoms with Crippen molar-refractivity contribution in [2.75, 3.05) is 0 Å². The topological polar surface area (TPSA) is 20.2 Å². The molecule has 1 fully saturated rings. The summed E-state index contributed by atoms with van der Waals surface area (Å²) in [4.78, 5) is 1.15. The van der Waals surface area contributed by atoms with Gasteiger partial charge < -0.3 is 5.11 Å². The first-order chi connectivity index (χ1) is 7.66. The summed E-state index contributed by atoms with van der Waals surface area (Å²) in [6.45, 7) is 1.76. The highest BCUT2D eigenvalue weighted by molar-refractivity contribution is 8.00. The standard InChI is InChI=1S/C13H17ClOS/c1-9(15)10-6-7-13(12(14)8-10)16-11-4-2-3-5-11/h6-9,11,15H,2-5H2,1H3/t9-/m0/s1. The van der Waals surface area contributed by atoms with Crippen LogP contribution in [0.25, 0.3) is 0 Å². The highest BCUT2D eigenvalue weighted by atomic mass is 35.5. The Morgan fingerprint density at radius 2 is 2.06 bits per heavy atom. The average Bonchev–Trinajstić information content (AvgIpc) is 2.73. The minimum atomic E-state index is -0.442. The Morgan fingerprint density at radius 3 is 2.62 bits per heavy atom. The molecule has 3 heteroatoms. The van der Waals surface area contributed by atoms with E-state index in [9.17, 15) is 5.11 Å². The number of aliphatic hydroxyl groups excluding tert-OH is 1. The minimum absolute atomic E-state index is 0.442. The summed E-state index contributed by atoms with van der Waals surface area (Å²) >= 11 is 8.10. The SMILES string of the molecule is C[C@H](O)c1ccc(SC2CCCC2)c(Cl)c1. The lowest BCUT2D eigenvalue weighted by Gasteiger charge is -2.12. The fraction of sp³-hybridized carbons (Fsp3) is 0.538. The molecule has 1 saturated carbocycles. The van der Waals surface area contributed by atoms with Gasteiger partial charge in [-0.05, 0) is 37.5 Å². The molecule has 1 N–H and O–H groups in total. The van der Waals surface area contributed by atoms with E-state index in [1.54, 1.807) is 6.92 Å². The van der Waals surface area contributed by atoms with Crippen LogP contribution in [0.1, 0.15) is 44.3 Å². The molecule has 1 aliphatic rings. The van der Waals surface area contributed by atoms with Crippen molar-refractivity contribution in [2.45, 2.75) is 48.9 Å². The van der Waals surface area contributed by atoms with Crippen LogP contribution in [0.15, 0.2) is 23.1 Å². The second-order valence-electron chi connectivity index (χ2n) is 4.39. The molecule has 16 heavy (non-hydrogen) atoms. The zero-order valence-corrected chi connectivity index (χ0v) is 11.0. The molecule has 2 rings (SSSR count).